The number of likely N-dealkylation sites (N-methyl/N-ethyl adjacent to an activating group) is 1. The molecule has 0 rings (SSSR count). The van der Waals surface area contributed by atoms with E-state index in [1.54, 1.807) is 14.0 Å². The Balaban J connectivity index is 3.40. The van der Waals surface area contributed by atoms with Gasteiger partial charge in [-0.25, -0.2) is 0 Å². The smallest absolute Gasteiger partial charge is 0.129 e. The normalized spacial score (nSPS) is 13.1. The Bertz CT molecular complexity index is 173. The maximum atomic E-state index is 10.7. The summed E-state index contributed by atoms with van der Waals surface area (Å²) >= 11 is 0. The number of aliphatic hydroxyl groups excluding tert-OH is 1. The number of carbonyl (C=O) groups excluding carboxylic acids is 1. The molecule has 0 heterocycles. The third-order valence-electron chi connectivity index (χ3n) is 2.20. The SMILES string of the molecule is COCC(O)CN(C)CCCCC(C)=O. The van der Waals surface area contributed by atoms with Crippen molar-refractivity contribution in [1.82, 2.24) is 4.90 Å². The van der Waals surface area contributed by atoms with Crippen molar-refractivity contribution in [3.05, 3.63) is 0 Å². The minimum Gasteiger partial charge on any atom is -0.389 e. The van der Waals surface area contributed by atoms with Gasteiger partial charge in [-0.05, 0) is 33.4 Å². The van der Waals surface area contributed by atoms with Crippen molar-refractivity contribution in [2.75, 3.05) is 33.9 Å². The maximum Gasteiger partial charge on any atom is 0.129 e. The Labute approximate surface area is 92.2 Å². The molecular weight excluding hydrogens is 194 g/mol. The monoisotopic (exact) mass is 217 g/mol. The van der Waals surface area contributed by atoms with Crippen LogP contribution in [0.2, 0.25) is 0 Å². The van der Waals surface area contributed by atoms with E-state index in [1.165, 1.54) is 0 Å². The Morgan fingerprint density at radius 3 is 2.67 bits per heavy atom. The number of carbonyl (C=O) groups is 1. The molecule has 0 radical (unpaired) electrons. The van der Waals surface area contributed by atoms with Crippen molar-refractivity contribution < 1.29 is 14.6 Å². The third kappa shape index (κ3) is 9.85. The van der Waals surface area contributed by atoms with Gasteiger partial charge in [-0.3, -0.25) is 0 Å². The largest absolute Gasteiger partial charge is 0.389 e. The van der Waals surface area contributed by atoms with Crippen molar-refractivity contribution in [2.24, 2.45) is 0 Å². The lowest BCUT2D eigenvalue weighted by Crippen LogP contribution is -2.32. The molecule has 0 aromatic heterocycles. The molecule has 1 unspecified atom stereocenters. The predicted octanol–water partition coefficient (Wildman–Crippen LogP) is 0.685. The Morgan fingerprint density at radius 1 is 1.47 bits per heavy atom. The van der Waals surface area contributed by atoms with Crippen LogP contribution in [0.3, 0.4) is 0 Å². The molecule has 0 aliphatic rings. The summed E-state index contributed by atoms with van der Waals surface area (Å²) in [6, 6.07) is 0. The Morgan fingerprint density at radius 2 is 2.13 bits per heavy atom. The van der Waals surface area contributed by atoms with E-state index in [-0.39, 0.29) is 5.78 Å². The summed E-state index contributed by atoms with van der Waals surface area (Å²) in [5.74, 6) is 0.247. The van der Waals surface area contributed by atoms with Gasteiger partial charge in [0.1, 0.15) is 5.78 Å². The second-order valence-electron chi connectivity index (χ2n) is 4.03. The highest BCUT2D eigenvalue weighted by Gasteiger charge is 2.07. The summed E-state index contributed by atoms with van der Waals surface area (Å²) in [6.45, 7) is 3.52. The van der Waals surface area contributed by atoms with Gasteiger partial charge in [0.05, 0.1) is 12.7 Å². The van der Waals surface area contributed by atoms with E-state index in [4.69, 9.17) is 4.74 Å². The van der Waals surface area contributed by atoms with Gasteiger partial charge in [0.25, 0.3) is 0 Å². The number of nitrogens with zero attached hydrogens (tertiary/aromatic N) is 1. The molecule has 0 aliphatic carbocycles. The highest BCUT2D eigenvalue weighted by atomic mass is 16.5. The van der Waals surface area contributed by atoms with Crippen LogP contribution in [0.25, 0.3) is 0 Å². The van der Waals surface area contributed by atoms with Gasteiger partial charge in [-0.15, -0.1) is 0 Å². The molecule has 15 heavy (non-hydrogen) atoms. The van der Waals surface area contributed by atoms with E-state index in [0.29, 0.717) is 19.6 Å². The van der Waals surface area contributed by atoms with E-state index in [2.05, 4.69) is 4.90 Å². The number of hydrogen-bond donors (Lipinski definition) is 1. The van der Waals surface area contributed by atoms with Gasteiger partial charge in [0, 0.05) is 20.1 Å². The summed E-state index contributed by atoms with van der Waals surface area (Å²) in [4.78, 5) is 12.7. The molecule has 0 amide bonds. The first-order valence-corrected chi connectivity index (χ1v) is 5.41. The Hall–Kier alpha value is -0.450. The van der Waals surface area contributed by atoms with E-state index in [9.17, 15) is 9.90 Å². The van der Waals surface area contributed by atoms with Crippen molar-refractivity contribution >= 4 is 5.78 Å². The zero-order valence-electron chi connectivity index (χ0n) is 10.0. The van der Waals surface area contributed by atoms with Crippen LogP contribution in [0.5, 0.6) is 0 Å². The first kappa shape index (κ1) is 14.6. The lowest BCUT2D eigenvalue weighted by atomic mass is 10.2. The minimum absolute atomic E-state index is 0.247. The second kappa shape index (κ2) is 8.83. The fraction of sp³-hybridized carbons (Fsp3) is 0.909. The fourth-order valence-corrected chi connectivity index (χ4v) is 1.45. The number of ketones is 1. The molecule has 4 nitrogen and oxygen atoms in total. The number of Topliss-reactive ketones (excluding diaryl/α,β-unsaturated/α-hetero) is 1. The number of rotatable bonds is 9. The number of methoxy groups -OCH3 is 1. The predicted molar refractivity (Wildman–Crippen MR) is 59.9 cm³/mol. The molecule has 0 saturated heterocycles. The summed E-state index contributed by atoms with van der Waals surface area (Å²) in [7, 11) is 3.54. The topological polar surface area (TPSA) is 49.8 Å². The standard InChI is InChI=1S/C11H23NO3/c1-10(13)6-4-5-7-12(2)8-11(14)9-15-3/h11,14H,4-9H2,1-3H3. The van der Waals surface area contributed by atoms with E-state index in [0.717, 1.165) is 19.4 Å². The molecule has 0 bridgehead atoms. The summed E-state index contributed by atoms with van der Waals surface area (Å²) in [5.41, 5.74) is 0. The first-order chi connectivity index (χ1) is 7.06. The van der Waals surface area contributed by atoms with Gasteiger partial charge < -0.3 is 19.5 Å². The van der Waals surface area contributed by atoms with Crippen molar-refractivity contribution in [2.45, 2.75) is 32.3 Å². The van der Waals surface area contributed by atoms with Gasteiger partial charge in [-0.2, -0.15) is 0 Å². The average Bonchev–Trinajstić information content (AvgIpc) is 2.12. The number of ether oxygens (including phenoxy) is 1. The molecule has 1 N–H and O–H groups in total. The zero-order chi connectivity index (χ0) is 11.7. The molecule has 0 saturated carbocycles. The van der Waals surface area contributed by atoms with Crippen LogP contribution in [0.1, 0.15) is 26.2 Å². The molecular formula is C11H23NO3. The lowest BCUT2D eigenvalue weighted by molar-refractivity contribution is -0.117. The molecule has 1 atom stereocenters. The second-order valence-corrected chi connectivity index (χ2v) is 4.03. The van der Waals surface area contributed by atoms with Crippen LogP contribution in [0, 0.1) is 0 Å². The van der Waals surface area contributed by atoms with Crippen LogP contribution < -0.4 is 0 Å². The molecule has 0 fully saturated rings. The van der Waals surface area contributed by atoms with E-state index < -0.39 is 6.10 Å². The highest BCUT2D eigenvalue weighted by molar-refractivity contribution is 5.75. The summed E-state index contributed by atoms with van der Waals surface area (Å²) < 4.78 is 4.84. The van der Waals surface area contributed by atoms with Gasteiger partial charge in [0.15, 0.2) is 0 Å². The van der Waals surface area contributed by atoms with Crippen LogP contribution in [-0.4, -0.2) is 55.7 Å². The number of unbranched alkanes of at least 4 members (excludes halogenated alkanes) is 1. The first-order valence-electron chi connectivity index (χ1n) is 5.41. The fourth-order valence-electron chi connectivity index (χ4n) is 1.45. The average molecular weight is 217 g/mol. The molecule has 0 aromatic rings. The van der Waals surface area contributed by atoms with Crippen molar-refractivity contribution in [3.8, 4) is 0 Å². The highest BCUT2D eigenvalue weighted by Crippen LogP contribution is 1.99. The van der Waals surface area contributed by atoms with Crippen molar-refractivity contribution in [3.63, 3.8) is 0 Å². The maximum absolute atomic E-state index is 10.7. The van der Waals surface area contributed by atoms with Gasteiger partial charge in [0.2, 0.25) is 0 Å². The van der Waals surface area contributed by atoms with Crippen LogP contribution >= 0.6 is 0 Å². The van der Waals surface area contributed by atoms with Crippen LogP contribution in [0.4, 0.5) is 0 Å². The van der Waals surface area contributed by atoms with Crippen molar-refractivity contribution in [1.29, 1.82) is 0 Å². The van der Waals surface area contributed by atoms with Crippen LogP contribution in [0.15, 0.2) is 0 Å². The molecule has 0 aliphatic heterocycles. The molecule has 4 heteroatoms. The lowest BCUT2D eigenvalue weighted by Gasteiger charge is -2.19. The molecule has 90 valence electrons. The number of aliphatic hydroxyl groups is 1. The van der Waals surface area contributed by atoms with Crippen LogP contribution in [-0.2, 0) is 9.53 Å². The molecule has 0 aromatic carbocycles. The Kier molecular flexibility index (Phi) is 8.56. The van der Waals surface area contributed by atoms with E-state index >= 15 is 0 Å². The van der Waals surface area contributed by atoms with Gasteiger partial charge in [-0.1, -0.05) is 0 Å². The quantitative estimate of drug-likeness (QED) is 0.577. The summed E-state index contributed by atoms with van der Waals surface area (Å²) in [6.07, 6.45) is 2.16. The third-order valence-corrected chi connectivity index (χ3v) is 2.20. The molecule has 0 spiro atoms. The minimum atomic E-state index is -0.423. The van der Waals surface area contributed by atoms with Gasteiger partial charge >= 0.3 is 0 Å². The zero-order valence-corrected chi connectivity index (χ0v) is 10.0. The number of hydrogen-bond acceptors (Lipinski definition) is 4. The summed E-state index contributed by atoms with van der Waals surface area (Å²) in [5, 5.41) is 9.44. The van der Waals surface area contributed by atoms with E-state index in [1.807, 2.05) is 7.05 Å².